The van der Waals surface area contributed by atoms with Crippen LogP contribution >= 0.6 is 0 Å². The zero-order valence-corrected chi connectivity index (χ0v) is 9.73. The van der Waals surface area contributed by atoms with Gasteiger partial charge in [-0.05, 0) is 0 Å². The molecule has 0 N–H and O–H groups in total. The maximum absolute atomic E-state index is 0. The molecule has 0 spiro atoms. The van der Waals surface area contributed by atoms with E-state index in [1.807, 2.05) is 0 Å². The Labute approximate surface area is 90.3 Å². The first-order valence-electron chi connectivity index (χ1n) is 0. The topological polar surface area (TPSA) is 0 Å². The molecule has 0 rings (SSSR count). The van der Waals surface area contributed by atoms with E-state index in [1.165, 1.54) is 0 Å². The van der Waals surface area contributed by atoms with Crippen molar-refractivity contribution < 1.29 is 44.8 Å². The summed E-state index contributed by atoms with van der Waals surface area (Å²) in [6, 6.07) is 0. The minimum atomic E-state index is 0. The monoisotopic (exact) mass is 564 g/mol. The van der Waals surface area contributed by atoms with Gasteiger partial charge in [-0.25, -0.2) is 0 Å². The predicted octanol–water partition coefficient (Wildman–Crippen LogP) is -0.767. The first kappa shape index (κ1) is 27.7. The molecule has 0 heterocycles. The third kappa shape index (κ3) is 8.91. The maximum Gasteiger partial charge on any atom is 3.00 e. The Morgan fingerprint density at radius 1 is 0.750 bits per heavy atom. The Morgan fingerprint density at radius 2 is 0.750 bits per heavy atom. The quantitative estimate of drug-likeness (QED) is 0.342. The van der Waals surface area contributed by atoms with Crippen molar-refractivity contribution in [2.75, 3.05) is 0 Å². The van der Waals surface area contributed by atoms with Crippen LogP contribution in [0.25, 0.3) is 0 Å². The molecule has 0 nitrogen and oxygen atoms in total. The van der Waals surface area contributed by atoms with Crippen LogP contribution in [0.3, 0.4) is 0 Å². The summed E-state index contributed by atoms with van der Waals surface area (Å²) >= 11 is 0. The molecule has 0 aliphatic carbocycles. The fourth-order valence-corrected chi connectivity index (χ4v) is 0. The molecule has 0 amide bonds. The van der Waals surface area contributed by atoms with E-state index < -0.39 is 0 Å². The fraction of sp³-hybridized carbons (Fsp3) is 0. The molecule has 0 aliphatic heterocycles. The molecule has 0 aromatic rings. The van der Waals surface area contributed by atoms with E-state index in [4.69, 9.17) is 0 Å². The molecule has 0 unspecified atom stereocenters. The molecule has 0 bridgehead atoms. The summed E-state index contributed by atoms with van der Waals surface area (Å²) < 4.78 is 0. The molecule has 0 saturated heterocycles. The molecule has 4 heavy (non-hydrogen) atoms. The van der Waals surface area contributed by atoms with E-state index in [0.29, 0.717) is 0 Å². The van der Waals surface area contributed by atoms with Crippen molar-refractivity contribution in [3.05, 3.63) is 0 Å². The van der Waals surface area contributed by atoms with Crippen LogP contribution in [-0.4, -0.2) is 47.3 Å². The van der Waals surface area contributed by atoms with Crippen molar-refractivity contribution in [3.63, 3.8) is 0 Å². The van der Waals surface area contributed by atoms with Crippen molar-refractivity contribution in [2.24, 2.45) is 0 Å². The Morgan fingerprint density at radius 3 is 0.750 bits per heavy atom. The third-order valence-electron chi connectivity index (χ3n) is 0. The molecule has 4 heteroatoms. The van der Waals surface area contributed by atoms with Gasteiger partial charge in [0.05, 0.1) is 0 Å². The van der Waals surface area contributed by atoms with Crippen LogP contribution in [0.1, 0.15) is 0 Å². The predicted molar refractivity (Wildman–Crippen MR) is 11.5 cm³/mol. The SMILES string of the molecule is [Ag+].[Au+3].[Te-2].[Te-2]. The van der Waals surface area contributed by atoms with Crippen LogP contribution < -0.4 is 0 Å². The van der Waals surface area contributed by atoms with Gasteiger partial charge in [0, 0.05) is 0 Å². The number of rotatable bonds is 0. The zero-order valence-electron chi connectivity index (χ0n) is 1.42. The van der Waals surface area contributed by atoms with Gasteiger partial charge in [0.25, 0.3) is 0 Å². The van der Waals surface area contributed by atoms with E-state index in [1.54, 1.807) is 0 Å². The van der Waals surface area contributed by atoms with Crippen LogP contribution in [0, 0.1) is 0 Å². The third-order valence-corrected chi connectivity index (χ3v) is 0. The summed E-state index contributed by atoms with van der Waals surface area (Å²) in [4.78, 5) is 0. The minimum absolute atomic E-state index is 0. The molecular formula is AgAuTe2. The molecule has 0 saturated carbocycles. The molecule has 0 fully saturated rings. The van der Waals surface area contributed by atoms with Gasteiger partial charge in [-0.3, -0.25) is 0 Å². The van der Waals surface area contributed by atoms with Crippen molar-refractivity contribution in [1.82, 2.24) is 0 Å². The van der Waals surface area contributed by atoms with Gasteiger partial charge in [0.1, 0.15) is 0 Å². The molecule has 0 aromatic carbocycles. The van der Waals surface area contributed by atoms with Gasteiger partial charge in [-0.15, -0.1) is 0 Å². The molecule has 0 aromatic heterocycles. The number of hydrogen-bond acceptors (Lipinski definition) is 0. The molecule has 0 aliphatic rings. The Kier molecular flexibility index (Phi) is 115. The van der Waals surface area contributed by atoms with Crippen molar-refractivity contribution in [3.8, 4) is 0 Å². The van der Waals surface area contributed by atoms with Crippen molar-refractivity contribution in [1.29, 1.82) is 0 Å². The van der Waals surface area contributed by atoms with E-state index in [-0.39, 0.29) is 92.1 Å². The van der Waals surface area contributed by atoms with E-state index in [2.05, 4.69) is 0 Å². The largest absolute Gasteiger partial charge is 3.00 e. The molecule has 0 atom stereocenters. The smallest absolute Gasteiger partial charge is 2.00 e. The van der Waals surface area contributed by atoms with Crippen molar-refractivity contribution in [2.45, 2.75) is 0 Å². The molecule has 34 valence electrons. The van der Waals surface area contributed by atoms with Gasteiger partial charge in [0.2, 0.25) is 0 Å². The average Bonchev–Trinajstić information content (AvgIpc) is 0. The van der Waals surface area contributed by atoms with Crippen LogP contribution in [0.15, 0.2) is 0 Å². The van der Waals surface area contributed by atoms with Crippen LogP contribution in [0.5, 0.6) is 0 Å². The first-order chi connectivity index (χ1) is 0. The van der Waals surface area contributed by atoms with E-state index >= 15 is 0 Å². The Hall–Kier alpha value is 3.06. The Balaban J connectivity index is 0. The maximum atomic E-state index is 0. The fourth-order valence-electron chi connectivity index (χ4n) is 0. The summed E-state index contributed by atoms with van der Waals surface area (Å²) in [6.45, 7) is 0. The summed E-state index contributed by atoms with van der Waals surface area (Å²) in [5.41, 5.74) is 0. The minimum Gasteiger partial charge on any atom is -2.00 e. The van der Waals surface area contributed by atoms with E-state index in [0.717, 1.165) is 0 Å². The van der Waals surface area contributed by atoms with Gasteiger partial charge in [0.15, 0.2) is 0 Å². The number of hydrogen-bond donors (Lipinski definition) is 0. The summed E-state index contributed by atoms with van der Waals surface area (Å²) in [5.74, 6) is 0. The van der Waals surface area contributed by atoms with Gasteiger partial charge < -0.3 is 47.3 Å². The summed E-state index contributed by atoms with van der Waals surface area (Å²) in [7, 11) is 0. The second-order valence-electron chi connectivity index (χ2n) is 0. The second kappa shape index (κ2) is 16.6. The first-order valence-corrected chi connectivity index (χ1v) is 0. The summed E-state index contributed by atoms with van der Waals surface area (Å²) in [5, 5.41) is 0. The Bertz CT molecular complexity index is 6.00. The second-order valence-corrected chi connectivity index (χ2v) is 0. The van der Waals surface area contributed by atoms with Crippen molar-refractivity contribution >= 4 is 47.3 Å². The van der Waals surface area contributed by atoms with Crippen LogP contribution in [0.2, 0.25) is 0 Å². The molecule has 0 radical (unpaired) electrons. The standard InChI is InChI=1S/Ag.Au.2Te/q+1;+3;2*-2. The van der Waals surface area contributed by atoms with Crippen LogP contribution in [0.4, 0.5) is 0 Å². The van der Waals surface area contributed by atoms with E-state index in [9.17, 15) is 0 Å². The van der Waals surface area contributed by atoms with Gasteiger partial charge >= 0.3 is 44.8 Å². The van der Waals surface area contributed by atoms with Gasteiger partial charge in [-0.1, -0.05) is 0 Å². The normalized spacial score (nSPS) is 0. The van der Waals surface area contributed by atoms with Crippen LogP contribution in [-0.2, 0) is 44.8 Å². The van der Waals surface area contributed by atoms with Gasteiger partial charge in [-0.2, -0.15) is 0 Å². The molecular weight excluding hydrogens is 560 g/mol. The summed E-state index contributed by atoms with van der Waals surface area (Å²) in [6.07, 6.45) is 0. The average molecular weight is 560 g/mol. The zero-order chi connectivity index (χ0) is 0.